The van der Waals surface area contributed by atoms with Crippen molar-refractivity contribution in [2.24, 2.45) is 5.92 Å². The molecule has 0 spiro atoms. The minimum atomic E-state index is -0.589. The zero-order valence-electron chi connectivity index (χ0n) is 13.9. The lowest BCUT2D eigenvalue weighted by atomic mass is 10.2. The van der Waals surface area contributed by atoms with E-state index in [1.165, 1.54) is 0 Å². The molecule has 1 heterocycles. The summed E-state index contributed by atoms with van der Waals surface area (Å²) in [5.41, 5.74) is 0.984. The van der Waals surface area contributed by atoms with Crippen molar-refractivity contribution in [3.8, 4) is 5.75 Å². The van der Waals surface area contributed by atoms with Crippen molar-refractivity contribution in [2.75, 3.05) is 18.5 Å². The first-order valence-electron chi connectivity index (χ1n) is 7.57. The van der Waals surface area contributed by atoms with Crippen LogP contribution in [0, 0.1) is 12.8 Å². The van der Waals surface area contributed by atoms with Crippen LogP contribution in [0.2, 0.25) is 0 Å². The number of rotatable bonds is 7. The third-order valence-electron chi connectivity index (χ3n) is 2.90. The Morgan fingerprint density at radius 1 is 1.25 bits per heavy atom. The number of anilines is 1. The molecule has 0 saturated carbocycles. The maximum atomic E-state index is 11.9. The number of ether oxygens (including phenoxy) is 2. The standard InChI is InChI=1S/C17H20N2O5/c1-11(2)9-22-14-6-4-13(5-7-14)17(21)23-10-15(20)18-16-8-12(3)19-24-16/h4-8,11H,9-10H2,1-3H3,(H,18,20). The summed E-state index contributed by atoms with van der Waals surface area (Å²) < 4.78 is 15.3. The fourth-order valence-corrected chi connectivity index (χ4v) is 1.76. The largest absolute Gasteiger partial charge is 0.493 e. The predicted molar refractivity (Wildman–Crippen MR) is 86.9 cm³/mol. The Hall–Kier alpha value is -2.83. The van der Waals surface area contributed by atoms with Gasteiger partial charge in [-0.3, -0.25) is 10.1 Å². The number of hydrogen-bond donors (Lipinski definition) is 1. The average Bonchev–Trinajstić information content (AvgIpc) is 2.96. The lowest BCUT2D eigenvalue weighted by Crippen LogP contribution is -2.20. The monoisotopic (exact) mass is 332 g/mol. The molecule has 0 aliphatic heterocycles. The van der Waals surface area contributed by atoms with E-state index in [1.54, 1.807) is 37.3 Å². The van der Waals surface area contributed by atoms with E-state index >= 15 is 0 Å². The number of aromatic nitrogens is 1. The summed E-state index contributed by atoms with van der Waals surface area (Å²) in [5, 5.41) is 6.08. The van der Waals surface area contributed by atoms with Gasteiger partial charge < -0.3 is 14.0 Å². The van der Waals surface area contributed by atoms with Crippen molar-refractivity contribution in [2.45, 2.75) is 20.8 Å². The Balaban J connectivity index is 1.80. The molecule has 0 aliphatic rings. The van der Waals surface area contributed by atoms with E-state index < -0.39 is 18.5 Å². The highest BCUT2D eigenvalue weighted by molar-refractivity contribution is 5.94. The van der Waals surface area contributed by atoms with Crippen molar-refractivity contribution in [1.29, 1.82) is 0 Å². The van der Waals surface area contributed by atoms with Crippen LogP contribution in [0.5, 0.6) is 5.75 Å². The molecule has 2 rings (SSSR count). The van der Waals surface area contributed by atoms with Gasteiger partial charge in [0, 0.05) is 6.07 Å². The summed E-state index contributed by atoms with van der Waals surface area (Å²) in [6, 6.07) is 8.13. The van der Waals surface area contributed by atoms with Crippen molar-refractivity contribution < 1.29 is 23.6 Å². The summed E-state index contributed by atoms with van der Waals surface area (Å²) >= 11 is 0. The molecular formula is C17H20N2O5. The van der Waals surface area contributed by atoms with Crippen LogP contribution in [0.3, 0.4) is 0 Å². The number of nitrogens with one attached hydrogen (secondary N) is 1. The van der Waals surface area contributed by atoms with Gasteiger partial charge in [0.1, 0.15) is 5.75 Å². The Morgan fingerprint density at radius 2 is 1.96 bits per heavy atom. The minimum absolute atomic E-state index is 0.209. The van der Waals surface area contributed by atoms with Crippen molar-refractivity contribution in [3.63, 3.8) is 0 Å². The van der Waals surface area contributed by atoms with Crippen LogP contribution in [-0.2, 0) is 9.53 Å². The number of aryl methyl sites for hydroxylation is 1. The quantitative estimate of drug-likeness (QED) is 0.784. The first-order valence-corrected chi connectivity index (χ1v) is 7.57. The van der Waals surface area contributed by atoms with Gasteiger partial charge in [-0.2, -0.15) is 0 Å². The van der Waals surface area contributed by atoms with Crippen LogP contribution in [0.15, 0.2) is 34.9 Å². The molecule has 0 aliphatic carbocycles. The maximum absolute atomic E-state index is 11.9. The van der Waals surface area contributed by atoms with Crippen LogP contribution in [0.25, 0.3) is 0 Å². The van der Waals surface area contributed by atoms with E-state index in [1.807, 2.05) is 0 Å². The molecule has 0 atom stereocenters. The summed E-state index contributed by atoms with van der Waals surface area (Å²) in [5.74, 6) is 0.214. The highest BCUT2D eigenvalue weighted by atomic mass is 16.5. The van der Waals surface area contributed by atoms with Crippen molar-refractivity contribution >= 4 is 17.8 Å². The molecule has 0 fully saturated rings. The molecule has 128 valence electrons. The van der Waals surface area contributed by atoms with Crippen molar-refractivity contribution in [3.05, 3.63) is 41.6 Å². The third kappa shape index (κ3) is 5.42. The predicted octanol–water partition coefficient (Wildman–Crippen LogP) is 2.81. The molecule has 0 unspecified atom stereocenters. The molecule has 0 saturated heterocycles. The van der Waals surface area contributed by atoms with E-state index in [2.05, 4.69) is 24.3 Å². The maximum Gasteiger partial charge on any atom is 0.338 e. The molecule has 1 aromatic carbocycles. The van der Waals surface area contributed by atoms with Crippen LogP contribution >= 0.6 is 0 Å². The highest BCUT2D eigenvalue weighted by Gasteiger charge is 2.12. The first-order chi connectivity index (χ1) is 11.4. The summed E-state index contributed by atoms with van der Waals surface area (Å²) in [6.07, 6.45) is 0. The third-order valence-corrected chi connectivity index (χ3v) is 2.90. The molecule has 7 nitrogen and oxygen atoms in total. The number of hydrogen-bond acceptors (Lipinski definition) is 6. The minimum Gasteiger partial charge on any atom is -0.493 e. The second-order valence-corrected chi connectivity index (χ2v) is 5.69. The van der Waals surface area contributed by atoms with Gasteiger partial charge in [-0.1, -0.05) is 19.0 Å². The zero-order valence-corrected chi connectivity index (χ0v) is 13.9. The lowest BCUT2D eigenvalue weighted by molar-refractivity contribution is -0.119. The van der Waals surface area contributed by atoms with Crippen LogP contribution < -0.4 is 10.1 Å². The SMILES string of the molecule is Cc1cc(NC(=O)COC(=O)c2ccc(OCC(C)C)cc2)on1. The number of carbonyl (C=O) groups excluding carboxylic acids is 2. The fourth-order valence-electron chi connectivity index (χ4n) is 1.76. The van der Waals surface area contributed by atoms with E-state index in [9.17, 15) is 9.59 Å². The fraction of sp³-hybridized carbons (Fsp3) is 0.353. The van der Waals surface area contributed by atoms with Gasteiger partial charge in [-0.25, -0.2) is 4.79 Å². The Bertz CT molecular complexity index is 691. The zero-order chi connectivity index (χ0) is 17.5. The van der Waals surface area contributed by atoms with E-state index in [0.29, 0.717) is 29.5 Å². The molecule has 0 radical (unpaired) electrons. The molecular weight excluding hydrogens is 312 g/mol. The highest BCUT2D eigenvalue weighted by Crippen LogP contribution is 2.14. The van der Waals surface area contributed by atoms with Gasteiger partial charge >= 0.3 is 5.97 Å². The number of benzene rings is 1. The number of nitrogens with zero attached hydrogens (tertiary/aromatic N) is 1. The topological polar surface area (TPSA) is 90.7 Å². The van der Waals surface area contributed by atoms with E-state index in [4.69, 9.17) is 14.0 Å². The Kier molecular flexibility index (Phi) is 5.95. The number of amides is 1. The van der Waals surface area contributed by atoms with Gasteiger partial charge in [-0.15, -0.1) is 0 Å². The molecule has 2 aromatic rings. The van der Waals surface area contributed by atoms with Crippen LogP contribution in [0.1, 0.15) is 29.9 Å². The Morgan fingerprint density at radius 3 is 2.54 bits per heavy atom. The summed E-state index contributed by atoms with van der Waals surface area (Å²) in [4.78, 5) is 23.6. The smallest absolute Gasteiger partial charge is 0.338 e. The lowest BCUT2D eigenvalue weighted by Gasteiger charge is -2.09. The van der Waals surface area contributed by atoms with E-state index in [-0.39, 0.29) is 5.88 Å². The summed E-state index contributed by atoms with van der Waals surface area (Å²) in [6.45, 7) is 6.02. The van der Waals surface area contributed by atoms with Crippen LogP contribution in [0.4, 0.5) is 5.88 Å². The van der Waals surface area contributed by atoms with Gasteiger partial charge in [-0.05, 0) is 37.1 Å². The Labute approximate surface area is 139 Å². The molecule has 0 bridgehead atoms. The van der Waals surface area contributed by atoms with Gasteiger partial charge in [0.2, 0.25) is 5.88 Å². The van der Waals surface area contributed by atoms with Gasteiger partial charge in [0.05, 0.1) is 17.9 Å². The van der Waals surface area contributed by atoms with E-state index in [0.717, 1.165) is 0 Å². The van der Waals surface area contributed by atoms with Gasteiger partial charge in [0.25, 0.3) is 5.91 Å². The van der Waals surface area contributed by atoms with Crippen LogP contribution in [-0.4, -0.2) is 30.2 Å². The molecule has 24 heavy (non-hydrogen) atoms. The second kappa shape index (κ2) is 8.14. The molecule has 1 aromatic heterocycles. The van der Waals surface area contributed by atoms with Gasteiger partial charge in [0.15, 0.2) is 6.61 Å². The average molecular weight is 332 g/mol. The van der Waals surface area contributed by atoms with Crippen molar-refractivity contribution in [1.82, 2.24) is 5.16 Å². The first kappa shape index (κ1) is 17.5. The number of esters is 1. The normalized spacial score (nSPS) is 10.5. The second-order valence-electron chi connectivity index (χ2n) is 5.69. The molecule has 1 N–H and O–H groups in total. The summed E-state index contributed by atoms with van der Waals surface area (Å²) in [7, 11) is 0. The number of carbonyl (C=O) groups is 2. The molecule has 1 amide bonds. The molecule has 7 heteroatoms.